The van der Waals surface area contributed by atoms with Gasteiger partial charge in [-0.25, -0.2) is 0 Å². The van der Waals surface area contributed by atoms with Gasteiger partial charge < -0.3 is 9.64 Å². The average Bonchev–Trinajstić information content (AvgIpc) is 2.36. The Morgan fingerprint density at radius 3 is 2.33 bits per heavy atom. The molecule has 0 N–H and O–H groups in total. The number of hydrogen-bond acceptors (Lipinski definition) is 2. The fourth-order valence-corrected chi connectivity index (χ4v) is 3.34. The lowest BCUT2D eigenvalue weighted by molar-refractivity contribution is -0.143. The maximum Gasteiger partial charge on any atom is 0.222 e. The van der Waals surface area contributed by atoms with Crippen molar-refractivity contribution in [2.45, 2.75) is 71.0 Å². The van der Waals surface area contributed by atoms with E-state index in [9.17, 15) is 4.79 Å². The maximum absolute atomic E-state index is 12.2. The third kappa shape index (κ3) is 3.98. The van der Waals surface area contributed by atoms with Gasteiger partial charge in [0.25, 0.3) is 0 Å². The van der Waals surface area contributed by atoms with Gasteiger partial charge in [-0.05, 0) is 26.2 Å². The Bertz CT molecular complexity index is 264. The Hall–Kier alpha value is -0.570. The molecule has 2 aliphatic rings. The molecule has 1 heterocycles. The predicted molar refractivity (Wildman–Crippen MR) is 72.4 cm³/mol. The largest absolute Gasteiger partial charge is 0.372 e. The molecule has 18 heavy (non-hydrogen) atoms. The van der Waals surface area contributed by atoms with Crippen molar-refractivity contribution in [3.8, 4) is 0 Å². The van der Waals surface area contributed by atoms with Gasteiger partial charge in [0.05, 0.1) is 12.2 Å². The van der Waals surface area contributed by atoms with Crippen molar-refractivity contribution in [1.29, 1.82) is 0 Å². The lowest BCUT2D eigenvalue weighted by Gasteiger charge is -2.35. The van der Waals surface area contributed by atoms with Crippen LogP contribution in [-0.2, 0) is 9.53 Å². The number of carbonyl (C=O) groups is 1. The molecule has 0 aromatic carbocycles. The molecule has 1 saturated carbocycles. The van der Waals surface area contributed by atoms with Crippen LogP contribution < -0.4 is 0 Å². The van der Waals surface area contributed by atoms with Crippen LogP contribution in [0.3, 0.4) is 0 Å². The van der Waals surface area contributed by atoms with Crippen molar-refractivity contribution in [1.82, 2.24) is 4.90 Å². The number of nitrogens with zero attached hydrogens (tertiary/aromatic N) is 1. The lowest BCUT2D eigenvalue weighted by atomic mass is 9.86. The quantitative estimate of drug-likeness (QED) is 0.774. The molecular formula is C15H27NO2. The van der Waals surface area contributed by atoms with Crippen LogP contribution in [-0.4, -0.2) is 36.1 Å². The number of hydrogen-bond donors (Lipinski definition) is 0. The van der Waals surface area contributed by atoms with E-state index >= 15 is 0 Å². The SMILES string of the molecule is C[C@@H]1CN(C(=O)CCC2CCCCC2)C[C@H](C)O1. The molecule has 0 spiro atoms. The summed E-state index contributed by atoms with van der Waals surface area (Å²) in [6.45, 7) is 5.65. The summed E-state index contributed by atoms with van der Waals surface area (Å²) in [6, 6.07) is 0. The zero-order chi connectivity index (χ0) is 13.0. The molecule has 1 amide bonds. The van der Waals surface area contributed by atoms with Gasteiger partial charge in [-0.3, -0.25) is 4.79 Å². The van der Waals surface area contributed by atoms with E-state index in [0.717, 1.165) is 31.8 Å². The van der Waals surface area contributed by atoms with E-state index in [1.54, 1.807) is 0 Å². The van der Waals surface area contributed by atoms with E-state index in [1.807, 2.05) is 4.90 Å². The van der Waals surface area contributed by atoms with E-state index in [1.165, 1.54) is 32.1 Å². The minimum atomic E-state index is 0.187. The second kappa shape index (κ2) is 6.55. The molecule has 0 bridgehead atoms. The lowest BCUT2D eigenvalue weighted by Crippen LogP contribution is -2.48. The van der Waals surface area contributed by atoms with E-state index in [4.69, 9.17) is 4.74 Å². The Balaban J connectivity index is 1.73. The smallest absolute Gasteiger partial charge is 0.222 e. The molecule has 0 aromatic rings. The molecule has 0 radical (unpaired) electrons. The summed E-state index contributed by atoms with van der Waals surface area (Å²) < 4.78 is 5.67. The Morgan fingerprint density at radius 1 is 1.11 bits per heavy atom. The maximum atomic E-state index is 12.2. The van der Waals surface area contributed by atoms with Gasteiger partial charge in [-0.1, -0.05) is 32.1 Å². The molecule has 1 aliphatic heterocycles. The van der Waals surface area contributed by atoms with Gasteiger partial charge in [0, 0.05) is 19.5 Å². The summed E-state index contributed by atoms with van der Waals surface area (Å²) in [5.41, 5.74) is 0. The summed E-state index contributed by atoms with van der Waals surface area (Å²) >= 11 is 0. The van der Waals surface area contributed by atoms with E-state index in [2.05, 4.69) is 13.8 Å². The summed E-state index contributed by atoms with van der Waals surface area (Å²) in [5, 5.41) is 0. The van der Waals surface area contributed by atoms with Crippen molar-refractivity contribution in [3.05, 3.63) is 0 Å². The molecule has 3 nitrogen and oxygen atoms in total. The van der Waals surface area contributed by atoms with E-state index < -0.39 is 0 Å². The number of carbonyl (C=O) groups excluding carboxylic acids is 1. The van der Waals surface area contributed by atoms with Gasteiger partial charge >= 0.3 is 0 Å². The Morgan fingerprint density at radius 2 is 1.72 bits per heavy atom. The van der Waals surface area contributed by atoms with Crippen molar-refractivity contribution in [2.24, 2.45) is 5.92 Å². The van der Waals surface area contributed by atoms with E-state index in [-0.39, 0.29) is 12.2 Å². The Labute approximate surface area is 111 Å². The highest BCUT2D eigenvalue weighted by atomic mass is 16.5. The first-order valence-corrected chi connectivity index (χ1v) is 7.58. The highest BCUT2D eigenvalue weighted by molar-refractivity contribution is 5.76. The minimum Gasteiger partial charge on any atom is -0.372 e. The highest BCUT2D eigenvalue weighted by Crippen LogP contribution is 2.27. The number of rotatable bonds is 3. The minimum absolute atomic E-state index is 0.187. The summed E-state index contributed by atoms with van der Waals surface area (Å²) in [7, 11) is 0. The summed E-state index contributed by atoms with van der Waals surface area (Å²) in [4.78, 5) is 14.2. The molecule has 104 valence electrons. The van der Waals surface area contributed by atoms with E-state index in [0.29, 0.717) is 5.91 Å². The first kappa shape index (κ1) is 13.9. The fraction of sp³-hybridized carbons (Fsp3) is 0.933. The predicted octanol–water partition coefficient (Wildman–Crippen LogP) is 2.98. The summed E-state index contributed by atoms with van der Waals surface area (Å²) in [5.74, 6) is 1.14. The normalized spacial score (nSPS) is 30.4. The van der Waals surface area contributed by atoms with Crippen molar-refractivity contribution in [3.63, 3.8) is 0 Å². The zero-order valence-corrected chi connectivity index (χ0v) is 11.9. The Kier molecular flexibility index (Phi) is 5.04. The second-order valence-corrected chi connectivity index (χ2v) is 6.10. The topological polar surface area (TPSA) is 29.5 Å². The molecule has 3 heteroatoms. The van der Waals surface area contributed by atoms with Crippen molar-refractivity contribution >= 4 is 5.91 Å². The fourth-order valence-electron chi connectivity index (χ4n) is 3.34. The van der Waals surface area contributed by atoms with Crippen LogP contribution in [0, 0.1) is 5.92 Å². The number of amides is 1. The second-order valence-electron chi connectivity index (χ2n) is 6.10. The van der Waals surface area contributed by atoms with Crippen LogP contribution in [0.1, 0.15) is 58.8 Å². The molecule has 2 fully saturated rings. The molecule has 0 aromatic heterocycles. The molecule has 2 atom stereocenters. The van der Waals surface area contributed by atoms with Crippen LogP contribution in [0.15, 0.2) is 0 Å². The zero-order valence-electron chi connectivity index (χ0n) is 11.9. The van der Waals surface area contributed by atoms with Gasteiger partial charge in [0.1, 0.15) is 0 Å². The number of morpholine rings is 1. The monoisotopic (exact) mass is 253 g/mol. The highest BCUT2D eigenvalue weighted by Gasteiger charge is 2.26. The van der Waals surface area contributed by atoms with Crippen LogP contribution in [0.4, 0.5) is 0 Å². The first-order valence-electron chi connectivity index (χ1n) is 7.58. The molecule has 1 saturated heterocycles. The van der Waals surface area contributed by atoms with Gasteiger partial charge in [0.15, 0.2) is 0 Å². The summed E-state index contributed by atoms with van der Waals surface area (Å²) in [6.07, 6.45) is 9.01. The van der Waals surface area contributed by atoms with Crippen molar-refractivity contribution < 1.29 is 9.53 Å². The first-order chi connectivity index (χ1) is 8.65. The van der Waals surface area contributed by atoms with Crippen LogP contribution >= 0.6 is 0 Å². The third-order valence-electron chi connectivity index (χ3n) is 4.26. The third-order valence-corrected chi connectivity index (χ3v) is 4.26. The van der Waals surface area contributed by atoms with Gasteiger partial charge in [-0.2, -0.15) is 0 Å². The van der Waals surface area contributed by atoms with Gasteiger partial charge in [0.2, 0.25) is 5.91 Å². The number of ether oxygens (including phenoxy) is 1. The van der Waals surface area contributed by atoms with Crippen LogP contribution in [0.2, 0.25) is 0 Å². The average molecular weight is 253 g/mol. The van der Waals surface area contributed by atoms with Crippen molar-refractivity contribution in [2.75, 3.05) is 13.1 Å². The molecule has 2 rings (SSSR count). The van der Waals surface area contributed by atoms with Crippen LogP contribution in [0.25, 0.3) is 0 Å². The van der Waals surface area contributed by atoms with Gasteiger partial charge in [-0.15, -0.1) is 0 Å². The molecule has 1 aliphatic carbocycles. The van der Waals surface area contributed by atoms with Crippen LogP contribution in [0.5, 0.6) is 0 Å². The molecule has 0 unspecified atom stereocenters. The molecular weight excluding hydrogens is 226 g/mol. The standard InChI is InChI=1S/C15H27NO2/c1-12-10-16(11-13(2)18-12)15(17)9-8-14-6-4-3-5-7-14/h12-14H,3-11H2,1-2H3/t12-,13+.